The minimum Gasteiger partial charge on any atom is -0.376 e. The third-order valence-corrected chi connectivity index (χ3v) is 3.59. The summed E-state index contributed by atoms with van der Waals surface area (Å²) in [6.45, 7) is 0.524. The summed E-state index contributed by atoms with van der Waals surface area (Å²) < 4.78 is 1.41. The van der Waals surface area contributed by atoms with Gasteiger partial charge in [-0.05, 0) is 25.0 Å². The van der Waals surface area contributed by atoms with E-state index in [9.17, 15) is 0 Å². The summed E-state index contributed by atoms with van der Waals surface area (Å²) in [5.74, 6) is 1.25. The molecular formula is C15H19N7. The number of hydrogen-bond donors (Lipinski definition) is 4. The average Bonchev–Trinajstić information content (AvgIpc) is 3.39. The first kappa shape index (κ1) is 14.2. The van der Waals surface area contributed by atoms with Crippen molar-refractivity contribution in [3.63, 3.8) is 0 Å². The van der Waals surface area contributed by atoms with Gasteiger partial charge in [0.25, 0.3) is 0 Å². The van der Waals surface area contributed by atoms with Crippen molar-refractivity contribution in [3.05, 3.63) is 41.6 Å². The van der Waals surface area contributed by atoms with Gasteiger partial charge in [0, 0.05) is 25.2 Å². The molecule has 2 heterocycles. The van der Waals surface area contributed by atoms with Crippen molar-refractivity contribution in [2.24, 2.45) is 5.92 Å². The molecular weight excluding hydrogens is 278 g/mol. The van der Waals surface area contributed by atoms with Gasteiger partial charge in [0.1, 0.15) is 11.7 Å². The van der Waals surface area contributed by atoms with Gasteiger partial charge in [-0.2, -0.15) is 4.68 Å². The Morgan fingerprint density at radius 1 is 1.41 bits per heavy atom. The zero-order valence-electron chi connectivity index (χ0n) is 12.4. The third-order valence-electron chi connectivity index (χ3n) is 3.59. The van der Waals surface area contributed by atoms with E-state index in [4.69, 9.17) is 10.8 Å². The van der Waals surface area contributed by atoms with E-state index in [2.05, 4.69) is 20.7 Å². The fourth-order valence-corrected chi connectivity index (χ4v) is 2.16. The van der Waals surface area contributed by atoms with E-state index in [0.717, 1.165) is 18.5 Å². The lowest BCUT2D eigenvalue weighted by atomic mass is 10.3. The Labute approximate surface area is 128 Å². The van der Waals surface area contributed by atoms with E-state index in [0.29, 0.717) is 23.9 Å². The van der Waals surface area contributed by atoms with E-state index in [1.807, 2.05) is 18.2 Å². The Kier molecular flexibility index (Phi) is 3.86. The predicted molar refractivity (Wildman–Crippen MR) is 85.0 cm³/mol. The zero-order valence-corrected chi connectivity index (χ0v) is 12.4. The van der Waals surface area contributed by atoms with Crippen LogP contribution in [0.15, 0.2) is 30.5 Å². The van der Waals surface area contributed by atoms with Crippen molar-refractivity contribution < 1.29 is 0 Å². The van der Waals surface area contributed by atoms with E-state index in [1.54, 1.807) is 19.3 Å². The van der Waals surface area contributed by atoms with Gasteiger partial charge in [-0.15, -0.1) is 5.10 Å². The molecule has 22 heavy (non-hydrogen) atoms. The lowest BCUT2D eigenvalue weighted by Gasteiger charge is -2.13. The molecule has 0 saturated heterocycles. The topological polar surface area (TPSA) is 102 Å². The molecule has 0 unspecified atom stereocenters. The maximum absolute atomic E-state index is 8.28. The van der Waals surface area contributed by atoms with Crippen LogP contribution in [0.3, 0.4) is 0 Å². The standard InChI is InChI=1S/C15H19N7/c1-18-13-8-12(20-9-11-4-2-3-7-19-11)15(17)22(21-13)14(16)10-5-6-10/h2-4,7-8,10,16-17,20H,5-6,9H2,1H3,(H,18,21). The molecule has 114 valence electrons. The maximum Gasteiger partial charge on any atom is 0.171 e. The second kappa shape index (κ2) is 5.97. The first-order valence-corrected chi connectivity index (χ1v) is 7.28. The average molecular weight is 297 g/mol. The monoisotopic (exact) mass is 297 g/mol. The van der Waals surface area contributed by atoms with Gasteiger partial charge in [0.15, 0.2) is 5.49 Å². The lowest BCUT2D eigenvalue weighted by molar-refractivity contribution is 0.783. The van der Waals surface area contributed by atoms with Crippen LogP contribution in [-0.2, 0) is 6.54 Å². The molecule has 0 aliphatic heterocycles. The molecule has 2 aromatic heterocycles. The highest BCUT2D eigenvalue weighted by molar-refractivity contribution is 5.85. The van der Waals surface area contributed by atoms with Gasteiger partial charge >= 0.3 is 0 Å². The van der Waals surface area contributed by atoms with Gasteiger partial charge in [0.05, 0.1) is 17.9 Å². The van der Waals surface area contributed by atoms with Crippen LogP contribution in [0.2, 0.25) is 0 Å². The summed E-state index contributed by atoms with van der Waals surface area (Å²) in [7, 11) is 1.78. The fraction of sp³-hybridized carbons (Fsp3) is 0.333. The largest absolute Gasteiger partial charge is 0.376 e. The lowest BCUT2D eigenvalue weighted by Crippen LogP contribution is -2.32. The second-order valence-corrected chi connectivity index (χ2v) is 5.29. The Morgan fingerprint density at radius 2 is 2.23 bits per heavy atom. The third kappa shape index (κ3) is 2.98. The first-order chi connectivity index (χ1) is 10.7. The van der Waals surface area contributed by atoms with Crippen LogP contribution in [0.1, 0.15) is 18.5 Å². The van der Waals surface area contributed by atoms with Crippen LogP contribution in [0.4, 0.5) is 11.5 Å². The van der Waals surface area contributed by atoms with E-state index in [-0.39, 0.29) is 11.4 Å². The molecule has 0 spiro atoms. The van der Waals surface area contributed by atoms with Gasteiger partial charge < -0.3 is 10.6 Å². The number of pyridine rings is 1. The fourth-order valence-electron chi connectivity index (χ4n) is 2.16. The van der Waals surface area contributed by atoms with Crippen molar-refractivity contribution in [2.45, 2.75) is 19.4 Å². The van der Waals surface area contributed by atoms with Gasteiger partial charge in [0.2, 0.25) is 0 Å². The van der Waals surface area contributed by atoms with E-state index < -0.39 is 0 Å². The van der Waals surface area contributed by atoms with Crippen molar-refractivity contribution in [2.75, 3.05) is 17.7 Å². The summed E-state index contributed by atoms with van der Waals surface area (Å²) in [5, 5.41) is 26.9. The Balaban J connectivity index is 1.87. The highest BCUT2D eigenvalue weighted by atomic mass is 15.3. The predicted octanol–water partition coefficient (Wildman–Crippen LogP) is 1.65. The molecule has 0 aromatic carbocycles. The minimum atomic E-state index is 0.201. The number of aromatic nitrogens is 3. The zero-order chi connectivity index (χ0) is 15.5. The summed E-state index contributed by atoms with van der Waals surface area (Å²) in [6, 6.07) is 7.51. The highest BCUT2D eigenvalue weighted by Gasteiger charge is 2.29. The molecule has 1 aliphatic carbocycles. The molecule has 0 bridgehead atoms. The Hall–Kier alpha value is -2.70. The smallest absolute Gasteiger partial charge is 0.171 e. The normalized spacial score (nSPS) is 13.7. The maximum atomic E-state index is 8.28. The van der Waals surface area contributed by atoms with Crippen LogP contribution >= 0.6 is 0 Å². The number of anilines is 2. The quantitative estimate of drug-likeness (QED) is 0.497. The van der Waals surface area contributed by atoms with E-state index >= 15 is 0 Å². The van der Waals surface area contributed by atoms with Gasteiger partial charge in [-0.3, -0.25) is 15.8 Å². The number of rotatable bonds is 5. The second-order valence-electron chi connectivity index (χ2n) is 5.29. The molecule has 2 aromatic rings. The number of nitrogens with one attached hydrogen (secondary N) is 4. The molecule has 1 fully saturated rings. The van der Waals surface area contributed by atoms with Crippen LogP contribution in [0.25, 0.3) is 0 Å². The SMILES string of the molecule is CNc1cc(NCc2ccccn2)c(=N)n(C(=N)C2CC2)n1. The molecule has 0 amide bonds. The van der Waals surface area contributed by atoms with Crippen molar-refractivity contribution in [1.29, 1.82) is 10.8 Å². The molecule has 7 heteroatoms. The summed E-state index contributed by atoms with van der Waals surface area (Å²) >= 11 is 0. The highest BCUT2D eigenvalue weighted by Crippen LogP contribution is 2.30. The molecule has 0 radical (unpaired) electrons. The van der Waals surface area contributed by atoms with Gasteiger partial charge in [-0.25, -0.2) is 0 Å². The first-order valence-electron chi connectivity index (χ1n) is 7.28. The molecule has 0 atom stereocenters. The van der Waals surface area contributed by atoms with Crippen molar-refractivity contribution in [3.8, 4) is 0 Å². The van der Waals surface area contributed by atoms with Crippen LogP contribution in [0, 0.1) is 16.7 Å². The Bertz CT molecular complexity index is 731. The Morgan fingerprint density at radius 3 is 2.86 bits per heavy atom. The molecule has 3 rings (SSSR count). The molecule has 7 nitrogen and oxygen atoms in total. The molecule has 4 N–H and O–H groups in total. The van der Waals surface area contributed by atoms with Crippen molar-refractivity contribution >= 4 is 17.3 Å². The van der Waals surface area contributed by atoms with E-state index in [1.165, 1.54) is 4.68 Å². The van der Waals surface area contributed by atoms with Crippen molar-refractivity contribution in [1.82, 2.24) is 14.8 Å². The number of hydrogen-bond acceptors (Lipinski definition) is 6. The van der Waals surface area contributed by atoms with Crippen LogP contribution < -0.4 is 16.1 Å². The molecule has 1 aliphatic rings. The molecule has 1 saturated carbocycles. The summed E-state index contributed by atoms with van der Waals surface area (Å²) in [4.78, 5) is 4.26. The number of nitrogens with zero attached hydrogens (tertiary/aromatic N) is 3. The van der Waals surface area contributed by atoms with Crippen LogP contribution in [-0.4, -0.2) is 27.6 Å². The van der Waals surface area contributed by atoms with Crippen LogP contribution in [0.5, 0.6) is 0 Å². The minimum absolute atomic E-state index is 0.201. The summed E-state index contributed by atoms with van der Waals surface area (Å²) in [6.07, 6.45) is 3.76. The summed E-state index contributed by atoms with van der Waals surface area (Å²) in [5.41, 5.74) is 1.73. The van der Waals surface area contributed by atoms with Gasteiger partial charge in [-0.1, -0.05) is 6.07 Å².